The molecule has 5 nitrogen and oxygen atoms in total. The average molecular weight is 258 g/mol. The standard InChI is InChI=1S/C13H26N2O3/c1-3-4-13(18)15-8-11(10(2)17)7-12(9-15)14-5-6-16/h10-12,14,16-17H,3-9H2,1-2H3. The van der Waals surface area contributed by atoms with Crippen LogP contribution in [0.5, 0.6) is 0 Å². The number of piperidine rings is 1. The Morgan fingerprint density at radius 1 is 1.50 bits per heavy atom. The van der Waals surface area contributed by atoms with Crippen LogP contribution in [0.3, 0.4) is 0 Å². The van der Waals surface area contributed by atoms with E-state index in [1.54, 1.807) is 6.92 Å². The minimum atomic E-state index is -0.402. The van der Waals surface area contributed by atoms with Crippen LogP contribution in [0.25, 0.3) is 0 Å². The fourth-order valence-corrected chi connectivity index (χ4v) is 2.48. The van der Waals surface area contributed by atoms with Gasteiger partial charge in [0.05, 0.1) is 12.7 Å². The normalized spacial score (nSPS) is 26.1. The van der Waals surface area contributed by atoms with Crippen molar-refractivity contribution in [2.24, 2.45) is 5.92 Å². The third-order valence-electron chi connectivity index (χ3n) is 3.53. The van der Waals surface area contributed by atoms with E-state index in [2.05, 4.69) is 5.32 Å². The minimum absolute atomic E-state index is 0.0960. The second-order valence-corrected chi connectivity index (χ2v) is 5.16. The zero-order chi connectivity index (χ0) is 13.5. The number of aliphatic hydroxyl groups is 2. The molecule has 18 heavy (non-hydrogen) atoms. The van der Waals surface area contributed by atoms with E-state index >= 15 is 0 Å². The average Bonchev–Trinajstić information content (AvgIpc) is 2.36. The molecule has 5 heteroatoms. The van der Waals surface area contributed by atoms with Gasteiger partial charge in [-0.25, -0.2) is 0 Å². The summed E-state index contributed by atoms with van der Waals surface area (Å²) < 4.78 is 0. The van der Waals surface area contributed by atoms with E-state index in [1.807, 2.05) is 11.8 Å². The molecule has 0 aromatic carbocycles. The molecule has 1 saturated heterocycles. The molecule has 3 N–H and O–H groups in total. The Labute approximate surface area is 109 Å². The van der Waals surface area contributed by atoms with Crippen molar-refractivity contribution in [2.45, 2.75) is 45.3 Å². The van der Waals surface area contributed by atoms with Crippen molar-refractivity contribution in [1.82, 2.24) is 10.2 Å². The van der Waals surface area contributed by atoms with E-state index in [-0.39, 0.29) is 24.5 Å². The van der Waals surface area contributed by atoms with Crippen LogP contribution in [0.15, 0.2) is 0 Å². The maximum absolute atomic E-state index is 12.0. The van der Waals surface area contributed by atoms with Crippen molar-refractivity contribution in [3.8, 4) is 0 Å². The van der Waals surface area contributed by atoms with Crippen LogP contribution in [0.1, 0.15) is 33.1 Å². The molecule has 3 unspecified atom stereocenters. The second kappa shape index (κ2) is 7.71. The Bertz CT molecular complexity index is 259. The molecule has 0 aliphatic carbocycles. The molecule has 0 aromatic heterocycles. The molecule has 0 aromatic rings. The first kappa shape index (κ1) is 15.4. The molecule has 1 rings (SSSR count). The van der Waals surface area contributed by atoms with E-state index in [0.717, 1.165) is 12.8 Å². The lowest BCUT2D eigenvalue weighted by Gasteiger charge is -2.39. The summed E-state index contributed by atoms with van der Waals surface area (Å²) in [6.07, 6.45) is 1.87. The van der Waals surface area contributed by atoms with Gasteiger partial charge in [0, 0.05) is 38.0 Å². The predicted octanol–water partition coefficient (Wildman–Crippen LogP) is -0.0337. The van der Waals surface area contributed by atoms with Gasteiger partial charge in [-0.05, 0) is 19.8 Å². The van der Waals surface area contributed by atoms with Crippen LogP contribution in [-0.4, -0.2) is 59.4 Å². The lowest BCUT2D eigenvalue weighted by Crippen LogP contribution is -2.53. The molecule has 1 aliphatic rings. The molecule has 0 saturated carbocycles. The molecule has 0 bridgehead atoms. The largest absolute Gasteiger partial charge is 0.395 e. The van der Waals surface area contributed by atoms with Crippen LogP contribution >= 0.6 is 0 Å². The van der Waals surface area contributed by atoms with Crippen LogP contribution in [0, 0.1) is 5.92 Å². The smallest absolute Gasteiger partial charge is 0.222 e. The molecule has 1 amide bonds. The quantitative estimate of drug-likeness (QED) is 0.625. The topological polar surface area (TPSA) is 72.8 Å². The van der Waals surface area contributed by atoms with Gasteiger partial charge >= 0.3 is 0 Å². The number of amides is 1. The lowest BCUT2D eigenvalue weighted by atomic mass is 9.90. The molecule has 106 valence electrons. The van der Waals surface area contributed by atoms with Crippen molar-refractivity contribution < 1.29 is 15.0 Å². The van der Waals surface area contributed by atoms with E-state index < -0.39 is 6.10 Å². The third kappa shape index (κ3) is 4.55. The molecule has 3 atom stereocenters. The highest BCUT2D eigenvalue weighted by atomic mass is 16.3. The van der Waals surface area contributed by atoms with Crippen molar-refractivity contribution in [1.29, 1.82) is 0 Å². The summed E-state index contributed by atoms with van der Waals surface area (Å²) in [7, 11) is 0. The van der Waals surface area contributed by atoms with Gasteiger partial charge in [-0.1, -0.05) is 6.92 Å². The Kier molecular flexibility index (Phi) is 6.60. The van der Waals surface area contributed by atoms with Gasteiger partial charge in [0.25, 0.3) is 0 Å². The summed E-state index contributed by atoms with van der Waals surface area (Å²) in [6, 6.07) is 0.173. The summed E-state index contributed by atoms with van der Waals surface area (Å²) in [5.74, 6) is 0.286. The van der Waals surface area contributed by atoms with Gasteiger partial charge in [0.2, 0.25) is 5.91 Å². The van der Waals surface area contributed by atoms with Crippen LogP contribution in [0.4, 0.5) is 0 Å². The number of hydrogen-bond donors (Lipinski definition) is 3. The van der Waals surface area contributed by atoms with Gasteiger partial charge in [-0.2, -0.15) is 0 Å². The van der Waals surface area contributed by atoms with Crippen molar-refractivity contribution in [3.63, 3.8) is 0 Å². The van der Waals surface area contributed by atoms with Gasteiger partial charge in [-0.15, -0.1) is 0 Å². The van der Waals surface area contributed by atoms with Gasteiger partial charge in [0.15, 0.2) is 0 Å². The number of nitrogens with one attached hydrogen (secondary N) is 1. The maximum atomic E-state index is 12.0. The zero-order valence-corrected chi connectivity index (χ0v) is 11.4. The number of rotatable bonds is 6. The summed E-state index contributed by atoms with van der Waals surface area (Å²) in [4.78, 5) is 13.8. The van der Waals surface area contributed by atoms with Crippen LogP contribution < -0.4 is 5.32 Å². The first-order chi connectivity index (χ1) is 8.58. The van der Waals surface area contributed by atoms with Crippen LogP contribution in [-0.2, 0) is 4.79 Å². The van der Waals surface area contributed by atoms with Gasteiger partial charge in [0.1, 0.15) is 0 Å². The number of nitrogens with zero attached hydrogens (tertiary/aromatic N) is 1. The second-order valence-electron chi connectivity index (χ2n) is 5.16. The Hall–Kier alpha value is -0.650. The molecular formula is C13H26N2O3. The number of carbonyl (C=O) groups excluding carboxylic acids is 1. The third-order valence-corrected chi connectivity index (χ3v) is 3.53. The van der Waals surface area contributed by atoms with E-state index in [0.29, 0.717) is 26.1 Å². The van der Waals surface area contributed by atoms with E-state index in [1.165, 1.54) is 0 Å². The molecule has 1 fully saturated rings. The Morgan fingerprint density at radius 2 is 2.22 bits per heavy atom. The van der Waals surface area contributed by atoms with Crippen molar-refractivity contribution in [2.75, 3.05) is 26.2 Å². The van der Waals surface area contributed by atoms with Crippen LogP contribution in [0.2, 0.25) is 0 Å². The monoisotopic (exact) mass is 258 g/mol. The summed E-state index contributed by atoms with van der Waals surface area (Å²) in [5, 5.41) is 21.8. The maximum Gasteiger partial charge on any atom is 0.222 e. The number of aliphatic hydroxyl groups excluding tert-OH is 2. The molecule has 0 radical (unpaired) electrons. The van der Waals surface area contributed by atoms with Crippen molar-refractivity contribution in [3.05, 3.63) is 0 Å². The fraction of sp³-hybridized carbons (Fsp3) is 0.923. The Balaban J connectivity index is 2.58. The minimum Gasteiger partial charge on any atom is -0.395 e. The summed E-state index contributed by atoms with van der Waals surface area (Å²) in [5.41, 5.74) is 0. The molecule has 1 heterocycles. The lowest BCUT2D eigenvalue weighted by molar-refractivity contribution is -0.134. The van der Waals surface area contributed by atoms with Gasteiger partial charge < -0.3 is 20.4 Å². The number of hydrogen-bond acceptors (Lipinski definition) is 4. The first-order valence-electron chi connectivity index (χ1n) is 6.88. The fourth-order valence-electron chi connectivity index (χ4n) is 2.48. The number of carbonyl (C=O) groups is 1. The summed E-state index contributed by atoms with van der Waals surface area (Å²) >= 11 is 0. The molecule has 0 spiro atoms. The SMILES string of the molecule is CCCC(=O)N1CC(NCCO)CC(C(C)O)C1. The van der Waals surface area contributed by atoms with Gasteiger partial charge in [-0.3, -0.25) is 4.79 Å². The van der Waals surface area contributed by atoms with E-state index in [4.69, 9.17) is 5.11 Å². The zero-order valence-electron chi connectivity index (χ0n) is 11.4. The highest BCUT2D eigenvalue weighted by molar-refractivity contribution is 5.76. The number of likely N-dealkylation sites (tertiary alicyclic amines) is 1. The predicted molar refractivity (Wildman–Crippen MR) is 70.2 cm³/mol. The van der Waals surface area contributed by atoms with Crippen molar-refractivity contribution >= 4 is 5.91 Å². The summed E-state index contributed by atoms with van der Waals surface area (Å²) in [6.45, 7) is 5.73. The Morgan fingerprint density at radius 3 is 2.78 bits per heavy atom. The molecular weight excluding hydrogens is 232 g/mol. The first-order valence-corrected chi connectivity index (χ1v) is 6.88. The molecule has 1 aliphatic heterocycles. The highest BCUT2D eigenvalue weighted by Crippen LogP contribution is 2.21. The highest BCUT2D eigenvalue weighted by Gasteiger charge is 2.31. The van der Waals surface area contributed by atoms with E-state index in [9.17, 15) is 9.90 Å².